The Labute approximate surface area is 631 Å². The lowest BCUT2D eigenvalue weighted by atomic mass is 10.1. The Morgan fingerprint density at radius 3 is 1.17 bits per heavy atom. The second-order valence-electron chi connectivity index (χ2n) is 25.9. The minimum atomic E-state index is -0.647. The number of aryl methyl sites for hydroxylation is 9. The zero-order chi connectivity index (χ0) is 78.0. The van der Waals surface area contributed by atoms with E-state index in [2.05, 4.69) is 78.3 Å². The lowest BCUT2D eigenvalue weighted by molar-refractivity contribution is -0.121. The molecule has 35 nitrogen and oxygen atoms in total. The number of benzene rings is 1. The van der Waals surface area contributed by atoms with E-state index >= 15 is 0 Å². The Balaban J connectivity index is 0.663. The third-order valence-corrected chi connectivity index (χ3v) is 17.3. The summed E-state index contributed by atoms with van der Waals surface area (Å²) >= 11 is 11.9. The molecule has 0 spiro atoms. The van der Waals surface area contributed by atoms with E-state index < -0.39 is 53.2 Å². The molecule has 0 unspecified atom stereocenters. The molecule has 0 aliphatic rings. The number of amides is 11. The topological polar surface area (TPSA) is 405 Å². The van der Waals surface area contributed by atoms with Gasteiger partial charge in [-0.3, -0.25) is 52.7 Å². The van der Waals surface area contributed by atoms with Crippen LogP contribution >= 0.6 is 23.2 Å². The predicted octanol–water partition coefficient (Wildman–Crippen LogP) is 5.68. The molecule has 0 aliphatic carbocycles. The first kappa shape index (κ1) is 79.9. The molecule has 11 N–H and O–H groups in total. The van der Waals surface area contributed by atoms with E-state index in [-0.39, 0.29) is 113 Å². The average Bonchev–Trinajstić information content (AvgIpc) is 1.23. The summed E-state index contributed by atoms with van der Waals surface area (Å²) in [6.07, 6.45) is 14.7. The van der Waals surface area contributed by atoms with Crippen molar-refractivity contribution in [2.24, 2.45) is 56.4 Å². The van der Waals surface area contributed by atoms with Crippen LogP contribution in [0.4, 0.5) is 51.6 Å². The van der Waals surface area contributed by atoms with Gasteiger partial charge in [-0.25, -0.2) is 15.0 Å². The molecule has 9 rings (SSSR count). The number of anilines is 9. The number of imidazole rings is 3. The van der Waals surface area contributed by atoms with Gasteiger partial charge >= 0.3 is 0 Å². The van der Waals surface area contributed by atoms with Crippen molar-refractivity contribution in [3.8, 4) is 0 Å². The van der Waals surface area contributed by atoms with Gasteiger partial charge in [-0.05, 0) is 94.4 Å². The Bertz CT molecular complexity index is 4810. The molecule has 0 radical (unpaired) electrons. The highest BCUT2D eigenvalue weighted by Crippen LogP contribution is 2.24. The average molecular weight is 1520 g/mol. The van der Waals surface area contributed by atoms with Crippen LogP contribution in [-0.4, -0.2) is 186 Å². The number of halogens is 2. The van der Waals surface area contributed by atoms with E-state index in [0.29, 0.717) is 73.4 Å². The van der Waals surface area contributed by atoms with Gasteiger partial charge in [0, 0.05) is 175 Å². The maximum absolute atomic E-state index is 13.6. The number of carbonyl (C=O) groups excluding carboxylic acids is 11. The number of carbonyl (C=O) groups is 11. The highest BCUT2D eigenvalue weighted by molar-refractivity contribution is 6.19. The molecule has 37 heteroatoms. The Kier molecular flexibility index (Phi) is 27.1. The third-order valence-electron chi connectivity index (χ3n) is 17.0. The van der Waals surface area contributed by atoms with Crippen molar-refractivity contribution in [3.05, 3.63) is 156 Å². The third kappa shape index (κ3) is 21.5. The summed E-state index contributed by atoms with van der Waals surface area (Å²) in [5, 5.41) is 30.2. The Morgan fingerprint density at radius 1 is 0.352 bits per heavy atom. The molecule has 9 aromatic rings. The van der Waals surface area contributed by atoms with Crippen LogP contribution in [0.1, 0.15) is 128 Å². The van der Waals surface area contributed by atoms with Gasteiger partial charge < -0.3 is 105 Å². The van der Waals surface area contributed by atoms with E-state index in [1.54, 1.807) is 85.7 Å². The molecule has 0 atom stereocenters. The van der Waals surface area contributed by atoms with Crippen molar-refractivity contribution in [3.63, 3.8) is 0 Å². The van der Waals surface area contributed by atoms with Gasteiger partial charge in [0.1, 0.15) is 28.5 Å². The highest BCUT2D eigenvalue weighted by Gasteiger charge is 2.25. The van der Waals surface area contributed by atoms with Crippen LogP contribution in [-0.2, 0) is 77.2 Å². The summed E-state index contributed by atoms with van der Waals surface area (Å²) in [6, 6.07) is 15.5. The molecule has 0 bridgehead atoms. The summed E-state index contributed by atoms with van der Waals surface area (Å²) in [4.78, 5) is 162. The molecule has 0 aliphatic heterocycles. The first-order valence-electron chi connectivity index (χ1n) is 34.4. The minimum Gasteiger partial charge on any atom is -0.369 e. The standard InChI is InChI=1S/C71H88Cl2N24O11/c1-88(2)27-13-25-76-69(106)61-84-57(42-94(61)8)87-71(108)63-85-56(41-96(63)10)86-68(105)54-34-48(39-93(54)7)81-70(107)62-83-55(40-95(62)9)82-59(99)16-12-24-75-64(101)50-31-45(36-89(50)3)78-66(103)52-33-47(38-91(52)5)80-67(104)53-32-46(37-92(53)6)79-65(102)51-30-44(35-90(51)4)77-60(100)21-26-74-58(98)15-11-14-43-17-19-49(20-18-43)97(28-22-72)29-23-73/h17-20,30-42H,11-16,21-29H2,1-10H3,(H,74,98)(H,75,101)(H,76,106)(H,77,100)(H,78,103)(H,79,102)(H,80,104)(H,81,107)(H,82,99)(H,86,105)(H,87,108). The van der Waals surface area contributed by atoms with E-state index in [0.717, 1.165) is 24.2 Å². The Hall–Kier alpha value is -12.2. The zero-order valence-corrected chi connectivity index (χ0v) is 63.0. The SMILES string of the molecule is CN(C)CCCNC(=O)c1nc(NC(=O)c2nc(NC(=O)c3cc(NC(=O)c4nc(NC(=O)CCCNC(=O)c5cc(NC(=O)c6cc(NC(=O)c7cc(NC(=O)c8cc(NC(=O)CCNC(=O)CCCc9ccc(N(CCCl)CCCl)cc9)cn8C)cn7C)cn6C)cn5C)cn4C)cn3C)cn2C)cn1C. The summed E-state index contributed by atoms with van der Waals surface area (Å²) < 4.78 is 11.9. The maximum Gasteiger partial charge on any atom is 0.292 e. The molecule has 0 fully saturated rings. The van der Waals surface area contributed by atoms with Crippen LogP contribution in [0.2, 0.25) is 0 Å². The van der Waals surface area contributed by atoms with Crippen LogP contribution in [0.3, 0.4) is 0 Å². The van der Waals surface area contributed by atoms with Gasteiger partial charge in [0.05, 0.1) is 28.4 Å². The van der Waals surface area contributed by atoms with Crippen molar-refractivity contribution < 1.29 is 52.7 Å². The first-order chi connectivity index (χ1) is 51.5. The van der Waals surface area contributed by atoms with Crippen LogP contribution in [0.15, 0.2) is 104 Å². The fourth-order valence-electron chi connectivity index (χ4n) is 11.6. The van der Waals surface area contributed by atoms with Crippen molar-refractivity contribution in [1.29, 1.82) is 0 Å². The van der Waals surface area contributed by atoms with E-state index in [4.69, 9.17) is 23.2 Å². The fraction of sp³-hybridized carbons (Fsp3) is 0.352. The molecule has 108 heavy (non-hydrogen) atoms. The van der Waals surface area contributed by atoms with Gasteiger partial charge in [-0.1, -0.05) is 12.1 Å². The molecule has 11 amide bonds. The predicted molar refractivity (Wildman–Crippen MR) is 409 cm³/mol. The number of aromatic nitrogens is 11. The Morgan fingerprint density at radius 2 is 0.713 bits per heavy atom. The molecule has 1 aromatic carbocycles. The second-order valence-corrected chi connectivity index (χ2v) is 26.6. The summed E-state index contributed by atoms with van der Waals surface area (Å²) in [7, 11) is 16.7. The number of hydrogen-bond donors (Lipinski definition) is 11. The van der Waals surface area contributed by atoms with Crippen molar-refractivity contribution >= 4 is 140 Å². The number of hydrogen-bond acceptors (Lipinski definition) is 16. The van der Waals surface area contributed by atoms with E-state index in [1.807, 2.05) is 43.3 Å². The van der Waals surface area contributed by atoms with Gasteiger partial charge in [0.2, 0.25) is 35.2 Å². The van der Waals surface area contributed by atoms with Crippen molar-refractivity contribution in [1.82, 2.24) is 72.3 Å². The lowest BCUT2D eigenvalue weighted by Gasteiger charge is -2.23. The van der Waals surface area contributed by atoms with Crippen LogP contribution in [0.5, 0.6) is 0 Å². The van der Waals surface area contributed by atoms with Gasteiger partial charge in [-0.2, -0.15) is 0 Å². The normalized spacial score (nSPS) is 11.1. The second kappa shape index (κ2) is 36.7. The van der Waals surface area contributed by atoms with Crippen LogP contribution in [0, 0.1) is 0 Å². The molecule has 8 heterocycles. The van der Waals surface area contributed by atoms with Crippen molar-refractivity contribution in [2.75, 3.05) is 113 Å². The lowest BCUT2D eigenvalue weighted by Crippen LogP contribution is -2.29. The van der Waals surface area contributed by atoms with E-state index in [1.165, 1.54) is 87.1 Å². The number of nitrogens with one attached hydrogen (secondary N) is 11. The zero-order valence-electron chi connectivity index (χ0n) is 61.5. The minimum absolute atomic E-state index is 0.0130. The molecule has 0 saturated heterocycles. The van der Waals surface area contributed by atoms with Crippen molar-refractivity contribution in [2.45, 2.75) is 44.9 Å². The molecule has 8 aromatic heterocycles. The summed E-state index contributed by atoms with van der Waals surface area (Å²) in [5.74, 6) is -4.07. The smallest absolute Gasteiger partial charge is 0.292 e. The number of alkyl halides is 2. The number of nitrogens with zero attached hydrogens (tertiary/aromatic N) is 13. The monoisotopic (exact) mass is 1520 g/mol. The first-order valence-corrected chi connectivity index (χ1v) is 35.4. The quantitative estimate of drug-likeness (QED) is 0.0166. The van der Waals surface area contributed by atoms with Gasteiger partial charge in [0.25, 0.3) is 47.3 Å². The molecular weight excluding hydrogens is 1440 g/mol. The summed E-state index contributed by atoms with van der Waals surface area (Å²) in [6.45, 7) is 2.87. The fourth-order valence-corrected chi connectivity index (χ4v) is 12.0. The van der Waals surface area contributed by atoms with Crippen LogP contribution in [0.25, 0.3) is 0 Å². The largest absolute Gasteiger partial charge is 0.369 e. The molecule has 0 saturated carbocycles. The maximum atomic E-state index is 13.6. The highest BCUT2D eigenvalue weighted by atomic mass is 35.5. The molecule has 572 valence electrons. The van der Waals surface area contributed by atoms with Gasteiger partial charge in [-0.15, -0.1) is 23.2 Å². The van der Waals surface area contributed by atoms with Gasteiger partial charge in [0.15, 0.2) is 17.5 Å². The summed E-state index contributed by atoms with van der Waals surface area (Å²) in [5.41, 5.74) is 4.58. The van der Waals surface area contributed by atoms with E-state index in [9.17, 15) is 52.7 Å². The molecular formula is C71H88Cl2N24O11. The number of rotatable bonds is 36. The van der Waals surface area contributed by atoms with Crippen LogP contribution < -0.4 is 63.4 Å².